The molecule has 3 aromatic carbocycles. The second kappa shape index (κ2) is 9.35. The van der Waals surface area contributed by atoms with Gasteiger partial charge in [0.2, 0.25) is 5.91 Å². The Morgan fingerprint density at radius 2 is 1.75 bits per heavy atom. The van der Waals surface area contributed by atoms with Gasteiger partial charge >= 0.3 is 5.97 Å². The first-order chi connectivity index (χ1) is 15.5. The van der Waals surface area contributed by atoms with E-state index in [1.165, 1.54) is 31.0 Å². The van der Waals surface area contributed by atoms with Crippen molar-refractivity contribution in [3.8, 4) is 0 Å². The van der Waals surface area contributed by atoms with Crippen LogP contribution >= 0.6 is 23.4 Å². The molecule has 3 aromatic rings. The summed E-state index contributed by atoms with van der Waals surface area (Å²) in [5.41, 5.74) is 2.24. The van der Waals surface area contributed by atoms with E-state index in [1.807, 2.05) is 42.5 Å². The van der Waals surface area contributed by atoms with Gasteiger partial charge in [-0.1, -0.05) is 66.2 Å². The summed E-state index contributed by atoms with van der Waals surface area (Å²) in [5, 5.41) is 0.595. The Hall–Kier alpha value is -2.83. The highest BCUT2D eigenvalue weighted by Crippen LogP contribution is 2.53. The van der Waals surface area contributed by atoms with Gasteiger partial charge in [-0.2, -0.15) is 0 Å². The Bertz CT molecular complexity index is 1110. The van der Waals surface area contributed by atoms with E-state index in [0.717, 1.165) is 11.1 Å². The largest absolute Gasteiger partial charge is 0.468 e. The van der Waals surface area contributed by atoms with Crippen molar-refractivity contribution in [1.29, 1.82) is 0 Å². The number of thioether (sulfide) groups is 1. The Morgan fingerprint density at radius 3 is 2.38 bits per heavy atom. The predicted molar refractivity (Wildman–Crippen MR) is 124 cm³/mol. The highest BCUT2D eigenvalue weighted by atomic mass is 35.5. The Kier molecular flexibility index (Phi) is 6.53. The molecule has 0 radical (unpaired) electrons. The van der Waals surface area contributed by atoms with Gasteiger partial charge < -0.3 is 9.64 Å². The van der Waals surface area contributed by atoms with Gasteiger partial charge in [0.05, 0.1) is 18.9 Å². The molecule has 7 heteroatoms. The van der Waals surface area contributed by atoms with Crippen molar-refractivity contribution in [1.82, 2.24) is 4.90 Å². The van der Waals surface area contributed by atoms with Crippen LogP contribution < -0.4 is 0 Å². The standard InChI is InChI=1S/C25H21ClFNO3S/c1-31-24(30)25(19-5-3-2-4-6-19)23(18-9-13-21(27)14-10-18)28(22(29)16-32-25)15-17-7-11-20(26)12-8-17/h2-14,23H,15-16H2,1H3/t23-,25-/m1/s1. The summed E-state index contributed by atoms with van der Waals surface area (Å²) in [7, 11) is 1.34. The monoisotopic (exact) mass is 469 g/mol. The fourth-order valence-electron chi connectivity index (χ4n) is 4.09. The zero-order valence-electron chi connectivity index (χ0n) is 17.3. The number of halogens is 2. The molecule has 0 aromatic heterocycles. The molecule has 1 saturated heterocycles. The Balaban J connectivity index is 1.91. The molecular formula is C25H21ClFNO3S. The number of esters is 1. The van der Waals surface area contributed by atoms with Gasteiger partial charge in [0, 0.05) is 11.6 Å². The van der Waals surface area contributed by atoms with Crippen molar-refractivity contribution < 1.29 is 18.7 Å². The maximum atomic E-state index is 13.8. The maximum Gasteiger partial charge on any atom is 0.329 e. The molecular weight excluding hydrogens is 449 g/mol. The third-order valence-electron chi connectivity index (χ3n) is 5.58. The summed E-state index contributed by atoms with van der Waals surface area (Å²) in [6.07, 6.45) is 0. The molecule has 164 valence electrons. The molecule has 1 amide bonds. The van der Waals surface area contributed by atoms with E-state index in [9.17, 15) is 14.0 Å². The molecule has 0 unspecified atom stereocenters. The molecule has 4 rings (SSSR count). The van der Waals surface area contributed by atoms with Crippen LogP contribution in [0.25, 0.3) is 0 Å². The van der Waals surface area contributed by atoms with E-state index in [4.69, 9.17) is 16.3 Å². The highest BCUT2D eigenvalue weighted by Gasteiger charge is 2.56. The fourth-order valence-corrected chi connectivity index (χ4v) is 5.66. The van der Waals surface area contributed by atoms with Gasteiger partial charge in [0.25, 0.3) is 0 Å². The molecule has 0 saturated carbocycles. The number of hydrogen-bond donors (Lipinski definition) is 0. The predicted octanol–water partition coefficient (Wildman–Crippen LogP) is 5.36. The van der Waals surface area contributed by atoms with E-state index in [1.54, 1.807) is 29.2 Å². The number of amides is 1. The molecule has 1 fully saturated rings. The fraction of sp³-hybridized carbons (Fsp3) is 0.200. The molecule has 0 bridgehead atoms. The van der Waals surface area contributed by atoms with E-state index in [-0.39, 0.29) is 18.2 Å². The number of methoxy groups -OCH3 is 1. The maximum absolute atomic E-state index is 13.8. The van der Waals surface area contributed by atoms with Crippen molar-refractivity contribution in [2.45, 2.75) is 17.3 Å². The quantitative estimate of drug-likeness (QED) is 0.472. The van der Waals surface area contributed by atoms with Crippen LogP contribution in [0.5, 0.6) is 0 Å². The second-order valence-electron chi connectivity index (χ2n) is 7.48. The lowest BCUT2D eigenvalue weighted by molar-refractivity contribution is -0.149. The van der Waals surface area contributed by atoms with E-state index >= 15 is 0 Å². The minimum atomic E-state index is -1.21. The summed E-state index contributed by atoms with van der Waals surface area (Å²) >= 11 is 7.28. The van der Waals surface area contributed by atoms with Crippen molar-refractivity contribution in [2.24, 2.45) is 0 Å². The number of benzene rings is 3. The number of rotatable bonds is 5. The summed E-state index contributed by atoms with van der Waals surface area (Å²) in [6.45, 7) is 0.268. The lowest BCUT2D eigenvalue weighted by Crippen LogP contribution is -2.54. The number of carbonyl (C=O) groups is 2. The Labute approximate surface area is 195 Å². The SMILES string of the molecule is COC(=O)[C@]1(c2ccccc2)SCC(=O)N(Cc2ccc(Cl)cc2)[C@@H]1c1ccc(F)cc1. The second-order valence-corrected chi connectivity index (χ2v) is 9.14. The minimum Gasteiger partial charge on any atom is -0.468 e. The van der Waals surface area contributed by atoms with Gasteiger partial charge in [-0.15, -0.1) is 11.8 Å². The van der Waals surface area contributed by atoms with Gasteiger partial charge in [0.15, 0.2) is 4.75 Å². The van der Waals surface area contributed by atoms with E-state index in [2.05, 4.69) is 0 Å². The smallest absolute Gasteiger partial charge is 0.329 e. The van der Waals surface area contributed by atoms with Crippen LogP contribution in [0.1, 0.15) is 22.7 Å². The molecule has 1 aliphatic rings. The average Bonchev–Trinajstić information content (AvgIpc) is 2.82. The van der Waals surface area contributed by atoms with Crippen LogP contribution in [-0.4, -0.2) is 29.6 Å². The topological polar surface area (TPSA) is 46.6 Å². The van der Waals surface area contributed by atoms with Gasteiger partial charge in [-0.25, -0.2) is 4.39 Å². The molecule has 4 nitrogen and oxygen atoms in total. The molecule has 0 aliphatic carbocycles. The number of carbonyl (C=O) groups excluding carboxylic acids is 2. The molecule has 0 spiro atoms. The van der Waals surface area contributed by atoms with Crippen molar-refractivity contribution in [3.63, 3.8) is 0 Å². The molecule has 0 N–H and O–H groups in total. The first kappa shape index (κ1) is 22.4. The zero-order chi connectivity index (χ0) is 22.7. The van der Waals surface area contributed by atoms with Crippen LogP contribution in [-0.2, 0) is 25.6 Å². The normalized spacial score (nSPS) is 20.8. The van der Waals surface area contributed by atoms with Crippen LogP contribution in [0.3, 0.4) is 0 Å². The lowest BCUT2D eigenvalue weighted by atomic mass is 9.84. The summed E-state index contributed by atoms with van der Waals surface area (Å²) in [4.78, 5) is 28.3. The lowest BCUT2D eigenvalue weighted by Gasteiger charge is -2.48. The number of ether oxygens (including phenoxy) is 1. The van der Waals surface area contributed by atoms with Crippen molar-refractivity contribution in [3.05, 3.63) is 106 Å². The highest BCUT2D eigenvalue weighted by molar-refractivity contribution is 8.01. The summed E-state index contributed by atoms with van der Waals surface area (Å²) in [6, 6.07) is 21.7. The number of nitrogens with zero attached hydrogens (tertiary/aromatic N) is 1. The van der Waals surface area contributed by atoms with Crippen LogP contribution in [0.4, 0.5) is 4.39 Å². The minimum absolute atomic E-state index is 0.106. The number of hydrogen-bond acceptors (Lipinski definition) is 4. The third kappa shape index (κ3) is 4.12. The summed E-state index contributed by atoms with van der Waals surface area (Å²) < 4.78 is 17.8. The van der Waals surface area contributed by atoms with Crippen LogP contribution in [0.2, 0.25) is 5.02 Å². The zero-order valence-corrected chi connectivity index (χ0v) is 18.9. The van der Waals surface area contributed by atoms with Crippen LogP contribution in [0, 0.1) is 5.82 Å². The van der Waals surface area contributed by atoms with Crippen molar-refractivity contribution in [2.75, 3.05) is 12.9 Å². The van der Waals surface area contributed by atoms with Gasteiger partial charge in [-0.3, -0.25) is 9.59 Å². The average molecular weight is 470 g/mol. The first-order valence-electron chi connectivity index (χ1n) is 10.0. The molecule has 1 aliphatic heterocycles. The first-order valence-corrected chi connectivity index (χ1v) is 11.4. The van der Waals surface area contributed by atoms with Gasteiger partial charge in [-0.05, 0) is 41.0 Å². The molecule has 1 heterocycles. The van der Waals surface area contributed by atoms with E-state index in [0.29, 0.717) is 10.6 Å². The van der Waals surface area contributed by atoms with Crippen molar-refractivity contribution >= 4 is 35.2 Å². The Morgan fingerprint density at radius 1 is 1.09 bits per heavy atom. The van der Waals surface area contributed by atoms with E-state index < -0.39 is 22.6 Å². The van der Waals surface area contributed by atoms with Gasteiger partial charge in [0.1, 0.15) is 5.82 Å². The van der Waals surface area contributed by atoms with Crippen LogP contribution in [0.15, 0.2) is 78.9 Å². The molecule has 32 heavy (non-hydrogen) atoms. The molecule has 2 atom stereocenters. The third-order valence-corrected chi connectivity index (χ3v) is 7.31. The summed E-state index contributed by atoms with van der Waals surface area (Å²) in [5.74, 6) is -0.863.